The maximum absolute atomic E-state index is 11.0. The lowest BCUT2D eigenvalue weighted by atomic mass is 9.94. The molecule has 20 heavy (non-hydrogen) atoms. The zero-order valence-corrected chi connectivity index (χ0v) is 13.1. The van der Waals surface area contributed by atoms with Crippen LogP contribution in [0.3, 0.4) is 0 Å². The number of carboxylic acids is 1. The van der Waals surface area contributed by atoms with Crippen LogP contribution in [-0.2, 0) is 6.42 Å². The number of halogens is 1. The molecule has 1 aliphatic carbocycles. The van der Waals surface area contributed by atoms with Crippen molar-refractivity contribution in [3.63, 3.8) is 0 Å². The number of hydrogen-bond acceptors (Lipinski definition) is 3. The lowest BCUT2D eigenvalue weighted by molar-refractivity contribution is 0.0696. The fourth-order valence-electron chi connectivity index (χ4n) is 2.62. The number of benzene rings is 1. The van der Waals surface area contributed by atoms with Crippen molar-refractivity contribution in [1.29, 1.82) is 0 Å². The van der Waals surface area contributed by atoms with Gasteiger partial charge in [0.1, 0.15) is 0 Å². The Morgan fingerprint density at radius 2 is 2.25 bits per heavy atom. The molecule has 3 rings (SSSR count). The summed E-state index contributed by atoms with van der Waals surface area (Å²) < 4.78 is 0.608. The predicted octanol–water partition coefficient (Wildman–Crippen LogP) is 4.70. The van der Waals surface area contributed by atoms with Gasteiger partial charge in [-0.05, 0) is 70.4 Å². The van der Waals surface area contributed by atoms with E-state index in [0.717, 1.165) is 12.1 Å². The highest BCUT2D eigenvalue weighted by Gasteiger charge is 2.21. The van der Waals surface area contributed by atoms with Crippen LogP contribution in [0.4, 0.5) is 5.69 Å². The molecule has 0 aliphatic heterocycles. The molecule has 104 valence electrons. The number of anilines is 1. The molecule has 1 aliphatic rings. The molecule has 5 heteroatoms. The summed E-state index contributed by atoms with van der Waals surface area (Å²) >= 11 is 5.14. The first kappa shape index (κ1) is 13.6. The average Bonchev–Trinajstić information content (AvgIpc) is 2.87. The Morgan fingerprint density at radius 1 is 1.40 bits per heavy atom. The fraction of sp³-hybridized carbons (Fsp3) is 0.267. The summed E-state index contributed by atoms with van der Waals surface area (Å²) in [4.78, 5) is 12.5. The highest BCUT2D eigenvalue weighted by Crippen LogP contribution is 2.36. The quantitative estimate of drug-likeness (QED) is 0.842. The Morgan fingerprint density at radius 3 is 3.00 bits per heavy atom. The number of hydrogen-bond donors (Lipinski definition) is 2. The summed E-state index contributed by atoms with van der Waals surface area (Å²) in [7, 11) is 0. The Bertz CT molecular complexity index is 653. The number of carboxylic acid groups (broad SMARTS) is 1. The second kappa shape index (κ2) is 5.58. The molecule has 3 nitrogen and oxygen atoms in total. The van der Waals surface area contributed by atoms with E-state index in [4.69, 9.17) is 5.11 Å². The van der Waals surface area contributed by atoms with Gasteiger partial charge >= 0.3 is 5.97 Å². The second-order valence-corrected chi connectivity index (χ2v) is 6.74. The summed E-state index contributed by atoms with van der Waals surface area (Å²) in [6.45, 7) is 0. The highest BCUT2D eigenvalue weighted by molar-refractivity contribution is 9.10. The molecule has 0 radical (unpaired) electrons. The van der Waals surface area contributed by atoms with Gasteiger partial charge in [-0.3, -0.25) is 0 Å². The maximum atomic E-state index is 11.0. The zero-order chi connectivity index (χ0) is 14.1. The van der Waals surface area contributed by atoms with Gasteiger partial charge in [-0.1, -0.05) is 0 Å². The van der Waals surface area contributed by atoms with Gasteiger partial charge in [0.2, 0.25) is 0 Å². The van der Waals surface area contributed by atoms with Crippen LogP contribution in [-0.4, -0.2) is 11.1 Å². The van der Waals surface area contributed by atoms with Crippen molar-refractivity contribution in [3.8, 4) is 0 Å². The average molecular weight is 352 g/mol. The molecule has 1 aromatic heterocycles. The normalized spacial score (nSPS) is 17.6. The number of thiophene rings is 1. The van der Waals surface area contributed by atoms with Crippen molar-refractivity contribution in [3.05, 3.63) is 50.1 Å². The summed E-state index contributed by atoms with van der Waals surface area (Å²) in [6.07, 6.45) is 3.48. The Kier molecular flexibility index (Phi) is 3.81. The molecular weight excluding hydrogens is 338 g/mol. The predicted molar refractivity (Wildman–Crippen MR) is 84.7 cm³/mol. The van der Waals surface area contributed by atoms with Crippen LogP contribution >= 0.6 is 27.3 Å². The van der Waals surface area contributed by atoms with E-state index in [2.05, 4.69) is 32.7 Å². The first-order valence-electron chi connectivity index (χ1n) is 6.51. The van der Waals surface area contributed by atoms with Gasteiger partial charge in [-0.2, -0.15) is 0 Å². The number of nitrogens with one attached hydrogen (secondary N) is 1. The van der Waals surface area contributed by atoms with E-state index in [9.17, 15) is 4.79 Å². The maximum Gasteiger partial charge on any atom is 0.336 e. The first-order chi connectivity index (χ1) is 9.65. The van der Waals surface area contributed by atoms with Crippen molar-refractivity contribution in [2.75, 3.05) is 5.32 Å². The summed E-state index contributed by atoms with van der Waals surface area (Å²) in [5.41, 5.74) is 2.63. The SMILES string of the molecule is O=C(O)c1ccc(NC2CCCc3sccc32)cc1Br. The first-order valence-corrected chi connectivity index (χ1v) is 8.18. The van der Waals surface area contributed by atoms with Gasteiger partial charge < -0.3 is 10.4 Å². The molecule has 1 aromatic carbocycles. The molecule has 2 aromatic rings. The van der Waals surface area contributed by atoms with Crippen LogP contribution in [0.2, 0.25) is 0 Å². The van der Waals surface area contributed by atoms with Crippen LogP contribution < -0.4 is 5.32 Å². The molecular formula is C15H14BrNO2S. The van der Waals surface area contributed by atoms with Gasteiger partial charge in [0.05, 0.1) is 11.6 Å². The Hall–Kier alpha value is -1.33. The van der Waals surface area contributed by atoms with E-state index >= 15 is 0 Å². The summed E-state index contributed by atoms with van der Waals surface area (Å²) in [5.74, 6) is -0.916. The Balaban J connectivity index is 1.83. The highest BCUT2D eigenvalue weighted by atomic mass is 79.9. The van der Waals surface area contributed by atoms with Crippen LogP contribution in [0.1, 0.15) is 39.7 Å². The topological polar surface area (TPSA) is 49.3 Å². The van der Waals surface area contributed by atoms with Crippen LogP contribution in [0, 0.1) is 0 Å². The van der Waals surface area contributed by atoms with E-state index in [1.54, 1.807) is 6.07 Å². The molecule has 0 saturated carbocycles. The number of aryl methyl sites for hydroxylation is 1. The van der Waals surface area contributed by atoms with E-state index in [0.29, 0.717) is 10.5 Å². The molecule has 1 atom stereocenters. The fourth-order valence-corrected chi connectivity index (χ4v) is 4.15. The number of rotatable bonds is 3. The number of aromatic carboxylic acids is 1. The van der Waals surface area contributed by atoms with E-state index in [1.165, 1.54) is 23.3 Å². The van der Waals surface area contributed by atoms with Crippen molar-refractivity contribution in [1.82, 2.24) is 0 Å². The van der Waals surface area contributed by atoms with Gasteiger partial charge in [0, 0.05) is 15.0 Å². The lowest BCUT2D eigenvalue weighted by Gasteiger charge is -2.25. The molecule has 1 unspecified atom stereocenters. The number of carbonyl (C=O) groups is 1. The third kappa shape index (κ3) is 2.60. The van der Waals surface area contributed by atoms with E-state index in [-0.39, 0.29) is 5.56 Å². The summed E-state index contributed by atoms with van der Waals surface area (Å²) in [5, 5.41) is 14.7. The third-order valence-corrected chi connectivity index (χ3v) is 5.24. The second-order valence-electron chi connectivity index (χ2n) is 4.89. The molecule has 0 bridgehead atoms. The minimum absolute atomic E-state index is 0.287. The molecule has 2 N–H and O–H groups in total. The van der Waals surface area contributed by atoms with Crippen LogP contribution in [0.15, 0.2) is 34.1 Å². The van der Waals surface area contributed by atoms with E-state index < -0.39 is 5.97 Å². The smallest absolute Gasteiger partial charge is 0.336 e. The van der Waals surface area contributed by atoms with Gasteiger partial charge in [-0.15, -0.1) is 11.3 Å². The molecule has 0 spiro atoms. The minimum atomic E-state index is -0.916. The van der Waals surface area contributed by atoms with Crippen molar-refractivity contribution >= 4 is 38.9 Å². The molecule has 0 amide bonds. The standard InChI is InChI=1S/C15H14BrNO2S/c16-12-8-9(4-5-10(12)15(18)19)17-13-2-1-3-14-11(13)6-7-20-14/h4-8,13,17H,1-3H2,(H,18,19). The summed E-state index contributed by atoms with van der Waals surface area (Å²) in [6, 6.07) is 7.82. The third-order valence-electron chi connectivity index (χ3n) is 3.59. The largest absolute Gasteiger partial charge is 0.478 e. The molecule has 0 saturated heterocycles. The van der Waals surface area contributed by atoms with Crippen LogP contribution in [0.5, 0.6) is 0 Å². The zero-order valence-electron chi connectivity index (χ0n) is 10.7. The van der Waals surface area contributed by atoms with Gasteiger partial charge in [0.15, 0.2) is 0 Å². The monoisotopic (exact) mass is 351 g/mol. The van der Waals surface area contributed by atoms with Gasteiger partial charge in [-0.25, -0.2) is 4.79 Å². The van der Waals surface area contributed by atoms with Gasteiger partial charge in [0.25, 0.3) is 0 Å². The lowest BCUT2D eigenvalue weighted by Crippen LogP contribution is -2.15. The molecule has 1 heterocycles. The molecule has 0 fully saturated rings. The Labute approximate surface area is 129 Å². The van der Waals surface area contributed by atoms with Crippen molar-refractivity contribution in [2.24, 2.45) is 0 Å². The minimum Gasteiger partial charge on any atom is -0.478 e. The van der Waals surface area contributed by atoms with Crippen molar-refractivity contribution in [2.45, 2.75) is 25.3 Å². The van der Waals surface area contributed by atoms with E-state index in [1.807, 2.05) is 23.5 Å². The number of fused-ring (bicyclic) bond motifs is 1. The van der Waals surface area contributed by atoms with Crippen LogP contribution in [0.25, 0.3) is 0 Å². The van der Waals surface area contributed by atoms with Crippen molar-refractivity contribution < 1.29 is 9.90 Å².